The van der Waals surface area contributed by atoms with Crippen molar-refractivity contribution in [1.29, 1.82) is 0 Å². The van der Waals surface area contributed by atoms with Crippen LogP contribution < -0.4 is 26.0 Å². The van der Waals surface area contributed by atoms with Crippen LogP contribution in [0.2, 0.25) is 5.02 Å². The third-order valence-corrected chi connectivity index (χ3v) is 5.97. The number of benzene rings is 1. The maximum Gasteiger partial charge on any atom is 0.412 e. The summed E-state index contributed by atoms with van der Waals surface area (Å²) in [5, 5.41) is 8.35. The smallest absolute Gasteiger partial charge is 0.412 e. The van der Waals surface area contributed by atoms with Gasteiger partial charge in [-0.05, 0) is 23.6 Å². The van der Waals surface area contributed by atoms with Crippen molar-refractivity contribution in [3.8, 4) is 5.75 Å². The first kappa shape index (κ1) is 23.5. The number of esters is 1. The lowest BCUT2D eigenvalue weighted by molar-refractivity contribution is 0.0640. The first-order chi connectivity index (χ1) is 16.4. The number of carbonyl (C=O) groups is 2. The number of hydrogen-bond acceptors (Lipinski definition) is 11. The average molecular weight is 505 g/mol. The zero-order valence-electron chi connectivity index (χ0n) is 18.0. The van der Waals surface area contributed by atoms with Gasteiger partial charge < -0.3 is 35.5 Å². The number of morpholine rings is 1. The Morgan fingerprint density at radius 1 is 1.24 bits per heavy atom. The molecule has 13 heteroatoms. The Kier molecular flexibility index (Phi) is 7.30. The molecule has 0 radical (unpaired) electrons. The number of hydrogen-bond donors (Lipinski definition) is 3. The van der Waals surface area contributed by atoms with Crippen LogP contribution >= 0.6 is 22.9 Å². The molecule has 0 aliphatic carbocycles. The molecular formula is C21H21ClN6O5S. The quantitative estimate of drug-likeness (QED) is 0.321. The molecule has 1 fully saturated rings. The number of carbonyl (C=O) groups excluding carboxylic acids is 2. The van der Waals surface area contributed by atoms with Crippen LogP contribution in [0.1, 0.15) is 10.4 Å². The minimum atomic E-state index is -1.19. The molecule has 4 rings (SSSR count). The zero-order valence-corrected chi connectivity index (χ0v) is 19.6. The normalized spacial score (nSPS) is 13.3. The molecule has 1 saturated heterocycles. The van der Waals surface area contributed by atoms with Crippen LogP contribution in [0, 0.1) is 0 Å². The summed E-state index contributed by atoms with van der Waals surface area (Å²) in [6, 6.07) is 7.29. The van der Waals surface area contributed by atoms with Gasteiger partial charge in [-0.25, -0.2) is 14.6 Å². The molecular weight excluding hydrogens is 484 g/mol. The van der Waals surface area contributed by atoms with Crippen molar-refractivity contribution in [1.82, 2.24) is 9.97 Å². The standard InChI is InChI=1S/C21H21ClN6O5S/c1-31-16-10-12(28-5-7-32-8-6-28)2-3-15(16)25-21-24-11-14(22)17(27-21)26-18-13(4-9-34-18)19(29)33-20(23)30/h2-4,9-11H,5-8H2,1H3,(H2,23,30)(H2,24,25,26,27). The summed E-state index contributed by atoms with van der Waals surface area (Å²) in [6.07, 6.45) is 0.227. The molecule has 178 valence electrons. The van der Waals surface area contributed by atoms with Gasteiger partial charge in [0.1, 0.15) is 15.8 Å². The fraction of sp³-hybridized carbons (Fsp3) is 0.238. The Morgan fingerprint density at radius 3 is 2.76 bits per heavy atom. The molecule has 1 aromatic carbocycles. The van der Waals surface area contributed by atoms with Crippen molar-refractivity contribution in [2.45, 2.75) is 0 Å². The molecule has 1 aliphatic rings. The second kappa shape index (κ2) is 10.5. The number of ether oxygens (including phenoxy) is 3. The van der Waals surface area contributed by atoms with Crippen molar-refractivity contribution in [3.05, 3.63) is 46.4 Å². The van der Waals surface area contributed by atoms with E-state index in [1.54, 1.807) is 12.5 Å². The van der Waals surface area contributed by atoms with E-state index in [4.69, 9.17) is 26.8 Å². The monoisotopic (exact) mass is 504 g/mol. The number of primary amides is 1. The third kappa shape index (κ3) is 5.47. The topological polar surface area (TPSA) is 141 Å². The van der Waals surface area contributed by atoms with E-state index in [1.807, 2.05) is 18.2 Å². The van der Waals surface area contributed by atoms with E-state index in [2.05, 4.69) is 30.2 Å². The van der Waals surface area contributed by atoms with Crippen LogP contribution in [0.15, 0.2) is 35.8 Å². The van der Waals surface area contributed by atoms with E-state index in [0.29, 0.717) is 29.7 Å². The van der Waals surface area contributed by atoms with Crippen LogP contribution in [-0.4, -0.2) is 55.4 Å². The highest BCUT2D eigenvalue weighted by atomic mass is 35.5. The summed E-state index contributed by atoms with van der Waals surface area (Å²) >= 11 is 7.46. The van der Waals surface area contributed by atoms with Crippen molar-refractivity contribution >= 4 is 63.1 Å². The summed E-state index contributed by atoms with van der Waals surface area (Å²) in [7, 11) is 1.59. The SMILES string of the molecule is COc1cc(N2CCOCC2)ccc1Nc1ncc(Cl)c(Nc2sccc2C(=O)OC(N)=O)n1. The summed E-state index contributed by atoms with van der Waals surface area (Å²) in [6.45, 7) is 2.98. The fourth-order valence-electron chi connectivity index (χ4n) is 3.26. The van der Waals surface area contributed by atoms with Crippen molar-refractivity contribution in [2.75, 3.05) is 48.9 Å². The molecule has 1 amide bonds. The molecule has 3 aromatic rings. The highest BCUT2D eigenvalue weighted by Crippen LogP contribution is 2.34. The molecule has 2 aromatic heterocycles. The maximum absolute atomic E-state index is 12.1. The number of aromatic nitrogens is 2. The number of nitrogens with zero attached hydrogens (tertiary/aromatic N) is 3. The second-order valence-electron chi connectivity index (χ2n) is 7.00. The van der Waals surface area contributed by atoms with Crippen LogP contribution in [0.4, 0.5) is 32.9 Å². The minimum Gasteiger partial charge on any atom is -0.494 e. The molecule has 34 heavy (non-hydrogen) atoms. The first-order valence-corrected chi connectivity index (χ1v) is 11.4. The Labute approximate surface area is 203 Å². The average Bonchev–Trinajstić information content (AvgIpc) is 3.30. The summed E-state index contributed by atoms with van der Waals surface area (Å²) in [5.41, 5.74) is 6.73. The van der Waals surface area contributed by atoms with Crippen LogP contribution in [0.25, 0.3) is 0 Å². The fourth-order valence-corrected chi connectivity index (χ4v) is 4.17. The second-order valence-corrected chi connectivity index (χ2v) is 8.32. The predicted molar refractivity (Wildman–Crippen MR) is 129 cm³/mol. The van der Waals surface area contributed by atoms with Crippen LogP contribution in [0.5, 0.6) is 5.75 Å². The van der Waals surface area contributed by atoms with Gasteiger partial charge in [0.2, 0.25) is 5.95 Å². The van der Waals surface area contributed by atoms with Gasteiger partial charge >= 0.3 is 12.1 Å². The summed E-state index contributed by atoms with van der Waals surface area (Å²) < 4.78 is 15.4. The number of anilines is 5. The Bertz CT molecular complexity index is 1200. The molecule has 0 spiro atoms. The van der Waals surface area contributed by atoms with E-state index in [9.17, 15) is 9.59 Å². The molecule has 0 atom stereocenters. The van der Waals surface area contributed by atoms with Gasteiger partial charge in [0, 0.05) is 24.8 Å². The lowest BCUT2D eigenvalue weighted by atomic mass is 10.2. The number of rotatable bonds is 7. The van der Waals surface area contributed by atoms with Gasteiger partial charge in [-0.3, -0.25) is 0 Å². The van der Waals surface area contributed by atoms with Gasteiger partial charge in [-0.1, -0.05) is 11.6 Å². The molecule has 0 saturated carbocycles. The molecule has 3 heterocycles. The van der Waals surface area contributed by atoms with Gasteiger partial charge in [0.25, 0.3) is 0 Å². The lowest BCUT2D eigenvalue weighted by Crippen LogP contribution is -2.36. The first-order valence-electron chi connectivity index (χ1n) is 10.1. The summed E-state index contributed by atoms with van der Waals surface area (Å²) in [4.78, 5) is 33.8. The van der Waals surface area contributed by atoms with Crippen molar-refractivity contribution in [2.24, 2.45) is 5.73 Å². The number of methoxy groups -OCH3 is 1. The predicted octanol–water partition coefficient (Wildman–Crippen LogP) is 3.76. The summed E-state index contributed by atoms with van der Waals surface area (Å²) in [5.74, 6) is 0.234. The van der Waals surface area contributed by atoms with E-state index in [-0.39, 0.29) is 22.4 Å². The highest BCUT2D eigenvalue weighted by Gasteiger charge is 2.19. The number of nitrogens with two attached hydrogens (primary N) is 1. The lowest BCUT2D eigenvalue weighted by Gasteiger charge is -2.29. The highest BCUT2D eigenvalue weighted by molar-refractivity contribution is 7.14. The molecule has 11 nitrogen and oxygen atoms in total. The number of halogens is 1. The van der Waals surface area contributed by atoms with Gasteiger partial charge in [-0.15, -0.1) is 11.3 Å². The van der Waals surface area contributed by atoms with Gasteiger partial charge in [0.15, 0.2) is 5.82 Å². The molecule has 1 aliphatic heterocycles. The van der Waals surface area contributed by atoms with Gasteiger partial charge in [0.05, 0.1) is 37.8 Å². The van der Waals surface area contributed by atoms with Crippen LogP contribution in [0.3, 0.4) is 0 Å². The molecule has 0 bridgehead atoms. The van der Waals surface area contributed by atoms with Crippen molar-refractivity contribution in [3.63, 3.8) is 0 Å². The Morgan fingerprint density at radius 2 is 2.03 bits per heavy atom. The van der Waals surface area contributed by atoms with E-state index in [1.165, 1.54) is 23.6 Å². The van der Waals surface area contributed by atoms with Gasteiger partial charge in [-0.2, -0.15) is 4.98 Å². The Hall–Kier alpha value is -3.61. The Balaban J connectivity index is 1.53. The largest absolute Gasteiger partial charge is 0.494 e. The third-order valence-electron chi connectivity index (χ3n) is 4.86. The minimum absolute atomic E-state index is 0.119. The molecule has 4 N–H and O–H groups in total. The number of nitrogens with one attached hydrogen (secondary N) is 2. The van der Waals surface area contributed by atoms with Crippen molar-refractivity contribution < 1.29 is 23.8 Å². The van der Waals surface area contributed by atoms with E-state index < -0.39 is 12.1 Å². The zero-order chi connectivity index (χ0) is 24.1. The molecule has 0 unspecified atom stereocenters. The number of amides is 1. The van der Waals surface area contributed by atoms with E-state index >= 15 is 0 Å². The maximum atomic E-state index is 12.1. The number of thiophene rings is 1. The van der Waals surface area contributed by atoms with E-state index in [0.717, 1.165) is 18.8 Å². The van der Waals surface area contributed by atoms with Crippen LogP contribution in [-0.2, 0) is 9.47 Å².